The lowest BCUT2D eigenvalue weighted by Crippen LogP contribution is -2.21. The molecule has 0 aliphatic carbocycles. The van der Waals surface area contributed by atoms with E-state index in [0.29, 0.717) is 16.3 Å². The first-order valence-corrected chi connectivity index (χ1v) is 10.6. The molecule has 6 heteroatoms. The molecule has 0 radical (unpaired) electrons. The number of aryl methyl sites for hydroxylation is 2. The van der Waals surface area contributed by atoms with Crippen molar-refractivity contribution >= 4 is 28.2 Å². The second kappa shape index (κ2) is 9.59. The molecule has 0 aliphatic heterocycles. The number of benzene rings is 2. The maximum atomic E-state index is 12.6. The highest BCUT2D eigenvalue weighted by atomic mass is 32.1. The minimum absolute atomic E-state index is 0.148. The Morgan fingerprint density at radius 3 is 2.47 bits per heavy atom. The fourth-order valence-corrected chi connectivity index (χ4v) is 4.11. The van der Waals surface area contributed by atoms with E-state index in [1.54, 1.807) is 13.0 Å². The van der Waals surface area contributed by atoms with E-state index in [1.807, 2.05) is 57.2 Å². The molecule has 0 spiro atoms. The topological polar surface area (TPSA) is 64.6 Å². The van der Waals surface area contributed by atoms with Gasteiger partial charge < -0.3 is 14.8 Å². The number of carbonyl (C=O) groups excluding carboxylic acids is 2. The summed E-state index contributed by atoms with van der Waals surface area (Å²) >= 11 is 1.34. The Morgan fingerprint density at radius 2 is 1.77 bits per heavy atom. The van der Waals surface area contributed by atoms with Crippen molar-refractivity contribution < 1.29 is 19.1 Å². The summed E-state index contributed by atoms with van der Waals surface area (Å²) in [7, 11) is 0. The van der Waals surface area contributed by atoms with Crippen molar-refractivity contribution in [3.8, 4) is 16.2 Å². The molecule has 1 N–H and O–H groups in total. The summed E-state index contributed by atoms with van der Waals surface area (Å²) in [6.45, 7) is 7.83. The Balaban J connectivity index is 1.78. The smallest absolute Gasteiger partial charge is 0.341 e. The highest BCUT2D eigenvalue weighted by Gasteiger charge is 2.20. The number of rotatable bonds is 7. The molecule has 156 valence electrons. The van der Waals surface area contributed by atoms with E-state index in [2.05, 4.69) is 11.4 Å². The van der Waals surface area contributed by atoms with E-state index < -0.39 is 5.97 Å². The molecule has 0 unspecified atom stereocenters. The summed E-state index contributed by atoms with van der Waals surface area (Å²) in [5, 5.41) is 3.27. The molecule has 5 nitrogen and oxygen atoms in total. The van der Waals surface area contributed by atoms with Crippen molar-refractivity contribution in [2.24, 2.45) is 0 Å². The molecule has 0 atom stereocenters. The molecule has 0 saturated carbocycles. The Hall–Kier alpha value is -3.12. The van der Waals surface area contributed by atoms with Crippen LogP contribution in [-0.2, 0) is 9.53 Å². The normalized spacial score (nSPS) is 10.5. The predicted molar refractivity (Wildman–Crippen MR) is 120 cm³/mol. The molecular formula is C24H25NO4S. The number of ether oxygens (including phenoxy) is 2. The maximum absolute atomic E-state index is 12.6. The summed E-state index contributed by atoms with van der Waals surface area (Å²) in [6, 6.07) is 15.4. The van der Waals surface area contributed by atoms with Crippen LogP contribution in [0.1, 0.15) is 34.0 Å². The Kier molecular flexibility index (Phi) is 6.90. The lowest BCUT2D eigenvalue weighted by Gasteiger charge is -2.12. The van der Waals surface area contributed by atoms with Crippen LogP contribution in [0, 0.1) is 20.8 Å². The van der Waals surface area contributed by atoms with E-state index in [4.69, 9.17) is 9.47 Å². The second-order valence-electron chi connectivity index (χ2n) is 6.98. The Morgan fingerprint density at radius 1 is 1.03 bits per heavy atom. The standard InChI is InChI=1S/C24H25NO4S/c1-5-28-24(27)19-13-21(18-9-7-6-8-10-18)30-23(19)25-22(26)14-29-20-12-15(2)11-16(3)17(20)4/h6-13H,5,14H2,1-4H3,(H,25,26). The minimum atomic E-state index is -0.461. The zero-order valence-electron chi connectivity index (χ0n) is 17.6. The zero-order chi connectivity index (χ0) is 21.7. The lowest BCUT2D eigenvalue weighted by atomic mass is 10.1. The minimum Gasteiger partial charge on any atom is -0.483 e. The highest BCUT2D eigenvalue weighted by Crippen LogP contribution is 2.36. The van der Waals surface area contributed by atoms with Gasteiger partial charge in [-0.2, -0.15) is 0 Å². The van der Waals surface area contributed by atoms with Gasteiger partial charge in [-0.15, -0.1) is 11.3 Å². The van der Waals surface area contributed by atoms with Crippen LogP contribution in [0.2, 0.25) is 0 Å². The van der Waals surface area contributed by atoms with E-state index in [1.165, 1.54) is 11.3 Å². The van der Waals surface area contributed by atoms with Crippen molar-refractivity contribution in [2.75, 3.05) is 18.5 Å². The number of hydrogen-bond donors (Lipinski definition) is 1. The molecule has 0 saturated heterocycles. The number of nitrogens with one attached hydrogen (secondary N) is 1. The largest absolute Gasteiger partial charge is 0.483 e. The first-order valence-electron chi connectivity index (χ1n) is 9.76. The SMILES string of the molecule is CCOC(=O)c1cc(-c2ccccc2)sc1NC(=O)COc1cc(C)cc(C)c1C. The molecule has 30 heavy (non-hydrogen) atoms. The third-order valence-electron chi connectivity index (χ3n) is 4.66. The van der Waals surface area contributed by atoms with E-state index >= 15 is 0 Å². The summed E-state index contributed by atoms with van der Waals surface area (Å²) < 4.78 is 10.9. The van der Waals surface area contributed by atoms with E-state index in [0.717, 1.165) is 27.1 Å². The van der Waals surface area contributed by atoms with Gasteiger partial charge in [0, 0.05) is 4.88 Å². The van der Waals surface area contributed by atoms with E-state index in [9.17, 15) is 9.59 Å². The van der Waals surface area contributed by atoms with Crippen LogP contribution in [0.5, 0.6) is 5.75 Å². The van der Waals surface area contributed by atoms with Crippen LogP contribution in [0.4, 0.5) is 5.00 Å². The van der Waals surface area contributed by atoms with Crippen LogP contribution in [0.15, 0.2) is 48.5 Å². The van der Waals surface area contributed by atoms with Crippen molar-refractivity contribution in [3.05, 3.63) is 70.8 Å². The molecule has 3 aromatic rings. The van der Waals surface area contributed by atoms with Crippen LogP contribution in [0.3, 0.4) is 0 Å². The number of esters is 1. The number of anilines is 1. The highest BCUT2D eigenvalue weighted by molar-refractivity contribution is 7.20. The first-order chi connectivity index (χ1) is 14.4. The summed E-state index contributed by atoms with van der Waals surface area (Å²) in [5.41, 5.74) is 4.50. The van der Waals surface area contributed by atoms with Crippen LogP contribution < -0.4 is 10.1 Å². The van der Waals surface area contributed by atoms with E-state index in [-0.39, 0.29) is 19.1 Å². The maximum Gasteiger partial charge on any atom is 0.341 e. The number of hydrogen-bond acceptors (Lipinski definition) is 5. The van der Waals surface area contributed by atoms with Gasteiger partial charge >= 0.3 is 5.97 Å². The van der Waals surface area contributed by atoms with Gasteiger partial charge in [0.15, 0.2) is 6.61 Å². The summed E-state index contributed by atoms with van der Waals surface area (Å²) in [6.07, 6.45) is 0. The van der Waals surface area contributed by atoms with Crippen molar-refractivity contribution in [1.29, 1.82) is 0 Å². The summed E-state index contributed by atoms with van der Waals surface area (Å²) in [4.78, 5) is 25.8. The second-order valence-corrected chi connectivity index (χ2v) is 8.03. The third-order valence-corrected chi connectivity index (χ3v) is 5.76. The van der Waals surface area contributed by atoms with Gasteiger partial charge in [0.1, 0.15) is 10.8 Å². The average Bonchev–Trinajstić information content (AvgIpc) is 3.14. The molecular weight excluding hydrogens is 398 g/mol. The van der Waals surface area contributed by atoms with Crippen molar-refractivity contribution in [1.82, 2.24) is 0 Å². The quantitative estimate of drug-likeness (QED) is 0.507. The van der Waals surface area contributed by atoms with Gasteiger partial charge in [-0.05, 0) is 62.1 Å². The third kappa shape index (κ3) is 5.07. The molecule has 1 amide bonds. The Labute approximate surface area is 180 Å². The molecule has 0 aliphatic rings. The fourth-order valence-electron chi connectivity index (χ4n) is 3.05. The van der Waals surface area contributed by atoms with Gasteiger partial charge in [-0.3, -0.25) is 4.79 Å². The van der Waals surface area contributed by atoms with Crippen molar-refractivity contribution in [2.45, 2.75) is 27.7 Å². The van der Waals surface area contributed by atoms with Crippen LogP contribution in [-0.4, -0.2) is 25.1 Å². The molecule has 2 aromatic carbocycles. The monoisotopic (exact) mass is 423 g/mol. The average molecular weight is 424 g/mol. The number of amides is 1. The fraction of sp³-hybridized carbons (Fsp3) is 0.250. The number of carbonyl (C=O) groups is 2. The van der Waals surface area contributed by atoms with Crippen LogP contribution >= 0.6 is 11.3 Å². The molecule has 1 heterocycles. The number of thiophene rings is 1. The summed E-state index contributed by atoms with van der Waals surface area (Å²) in [5.74, 6) is -0.109. The van der Waals surface area contributed by atoms with Gasteiger partial charge in [-0.25, -0.2) is 4.79 Å². The lowest BCUT2D eigenvalue weighted by molar-refractivity contribution is -0.118. The van der Waals surface area contributed by atoms with Crippen molar-refractivity contribution in [3.63, 3.8) is 0 Å². The van der Waals surface area contributed by atoms with Gasteiger partial charge in [-0.1, -0.05) is 36.4 Å². The van der Waals surface area contributed by atoms with Gasteiger partial charge in [0.2, 0.25) is 0 Å². The Bertz CT molecular complexity index is 1060. The molecule has 0 bridgehead atoms. The van der Waals surface area contributed by atoms with Gasteiger partial charge in [0.05, 0.1) is 12.2 Å². The zero-order valence-corrected chi connectivity index (χ0v) is 18.4. The molecule has 0 fully saturated rings. The predicted octanol–water partition coefficient (Wildman–Crippen LogP) is 5.53. The first kappa shape index (κ1) is 21.6. The molecule has 3 rings (SSSR count). The molecule has 1 aromatic heterocycles. The van der Waals surface area contributed by atoms with Gasteiger partial charge in [0.25, 0.3) is 5.91 Å². The van der Waals surface area contributed by atoms with Crippen LogP contribution in [0.25, 0.3) is 10.4 Å².